The van der Waals surface area contributed by atoms with Crippen molar-refractivity contribution in [3.63, 3.8) is 0 Å². The number of amides is 1. The van der Waals surface area contributed by atoms with Gasteiger partial charge in [-0.2, -0.15) is 0 Å². The van der Waals surface area contributed by atoms with E-state index in [0.29, 0.717) is 6.54 Å². The maximum Gasteiger partial charge on any atom is 0.245 e. The van der Waals surface area contributed by atoms with Crippen LogP contribution < -0.4 is 0 Å². The highest BCUT2D eigenvalue weighted by Gasteiger charge is 2.21. The molecule has 0 aromatic heterocycles. The fourth-order valence-electron chi connectivity index (χ4n) is 2.31. The van der Waals surface area contributed by atoms with E-state index < -0.39 is 5.38 Å². The molecule has 0 aliphatic carbocycles. The number of hydrogen-bond donors (Lipinski definition) is 0. The van der Waals surface area contributed by atoms with Gasteiger partial charge >= 0.3 is 0 Å². The van der Waals surface area contributed by atoms with Crippen LogP contribution >= 0.6 is 11.6 Å². The molecule has 0 radical (unpaired) electrons. The van der Waals surface area contributed by atoms with Crippen LogP contribution in [0.3, 0.4) is 0 Å². The van der Waals surface area contributed by atoms with Gasteiger partial charge in [0.15, 0.2) is 0 Å². The molecule has 2 aromatic rings. The van der Waals surface area contributed by atoms with E-state index in [-0.39, 0.29) is 5.91 Å². The van der Waals surface area contributed by atoms with Crippen molar-refractivity contribution in [2.24, 2.45) is 0 Å². The molecule has 3 heteroatoms. The van der Waals surface area contributed by atoms with Crippen LogP contribution in [0, 0.1) is 13.8 Å². The van der Waals surface area contributed by atoms with Gasteiger partial charge in [-0.05, 0) is 30.5 Å². The smallest absolute Gasteiger partial charge is 0.245 e. The van der Waals surface area contributed by atoms with Crippen molar-refractivity contribution < 1.29 is 4.79 Å². The van der Waals surface area contributed by atoms with Gasteiger partial charge < -0.3 is 4.90 Å². The predicted molar refractivity (Wildman–Crippen MR) is 87.4 cm³/mol. The molecule has 0 saturated carbocycles. The second-order valence-electron chi connectivity index (χ2n) is 5.40. The molecular formula is C18H20ClNO. The zero-order chi connectivity index (χ0) is 15.4. The summed E-state index contributed by atoms with van der Waals surface area (Å²) < 4.78 is 0. The van der Waals surface area contributed by atoms with Crippen molar-refractivity contribution in [3.05, 3.63) is 70.8 Å². The Morgan fingerprint density at radius 3 is 2.43 bits per heavy atom. The van der Waals surface area contributed by atoms with Crippen LogP contribution in [0.1, 0.15) is 27.6 Å². The Morgan fingerprint density at radius 2 is 1.81 bits per heavy atom. The van der Waals surface area contributed by atoms with Gasteiger partial charge in [0.1, 0.15) is 5.38 Å². The third kappa shape index (κ3) is 3.85. The van der Waals surface area contributed by atoms with E-state index in [0.717, 1.165) is 11.1 Å². The summed E-state index contributed by atoms with van der Waals surface area (Å²) in [5, 5.41) is -0.637. The van der Waals surface area contributed by atoms with E-state index >= 15 is 0 Å². The van der Waals surface area contributed by atoms with Crippen molar-refractivity contribution in [1.82, 2.24) is 4.90 Å². The number of carbonyl (C=O) groups is 1. The monoisotopic (exact) mass is 301 g/mol. The quantitative estimate of drug-likeness (QED) is 0.773. The van der Waals surface area contributed by atoms with Crippen LogP contribution in [0.2, 0.25) is 0 Å². The fourth-order valence-corrected chi connectivity index (χ4v) is 2.63. The lowest BCUT2D eigenvalue weighted by molar-refractivity contribution is -0.130. The minimum Gasteiger partial charge on any atom is -0.340 e. The van der Waals surface area contributed by atoms with E-state index in [1.54, 1.807) is 11.9 Å². The zero-order valence-electron chi connectivity index (χ0n) is 12.6. The lowest BCUT2D eigenvalue weighted by atomic mass is 10.0. The Balaban J connectivity index is 2.09. The zero-order valence-corrected chi connectivity index (χ0v) is 13.4. The fraction of sp³-hybridized carbons (Fsp3) is 0.278. The number of halogens is 1. The molecule has 2 rings (SSSR count). The van der Waals surface area contributed by atoms with E-state index in [1.165, 1.54) is 11.1 Å². The standard InChI is InChI=1S/C18H20ClNO/c1-13-9-10-16(14(2)11-13)12-20(3)18(21)17(19)15-7-5-4-6-8-15/h4-11,17H,12H2,1-3H3. The van der Waals surface area contributed by atoms with Crippen LogP contribution in [0.15, 0.2) is 48.5 Å². The van der Waals surface area contributed by atoms with Crippen LogP contribution in [0.5, 0.6) is 0 Å². The molecule has 1 atom stereocenters. The highest BCUT2D eigenvalue weighted by atomic mass is 35.5. The van der Waals surface area contributed by atoms with Crippen molar-refractivity contribution in [1.29, 1.82) is 0 Å². The first kappa shape index (κ1) is 15.6. The maximum absolute atomic E-state index is 12.4. The first-order valence-corrected chi connectivity index (χ1v) is 7.43. The average molecular weight is 302 g/mol. The van der Waals surface area contributed by atoms with Gasteiger partial charge in [-0.1, -0.05) is 54.1 Å². The molecule has 1 amide bonds. The van der Waals surface area contributed by atoms with Gasteiger partial charge in [0, 0.05) is 13.6 Å². The Labute approximate surface area is 131 Å². The molecule has 0 aliphatic rings. The van der Waals surface area contributed by atoms with Crippen molar-refractivity contribution >= 4 is 17.5 Å². The van der Waals surface area contributed by atoms with Crippen molar-refractivity contribution in [2.45, 2.75) is 25.8 Å². The normalized spacial score (nSPS) is 12.0. The molecule has 21 heavy (non-hydrogen) atoms. The van der Waals surface area contributed by atoms with Gasteiger partial charge in [0.2, 0.25) is 5.91 Å². The van der Waals surface area contributed by atoms with E-state index in [9.17, 15) is 4.79 Å². The lowest BCUT2D eigenvalue weighted by Crippen LogP contribution is -2.29. The van der Waals surface area contributed by atoms with Crippen LogP contribution in [0.4, 0.5) is 0 Å². The summed E-state index contributed by atoms with van der Waals surface area (Å²) in [6.07, 6.45) is 0. The number of carbonyl (C=O) groups excluding carboxylic acids is 1. The minimum absolute atomic E-state index is 0.0807. The van der Waals surface area contributed by atoms with Gasteiger partial charge in [-0.3, -0.25) is 4.79 Å². The first-order chi connectivity index (χ1) is 9.99. The number of aryl methyl sites for hydroxylation is 2. The molecule has 0 saturated heterocycles. The highest BCUT2D eigenvalue weighted by Crippen LogP contribution is 2.23. The number of hydrogen-bond acceptors (Lipinski definition) is 1. The maximum atomic E-state index is 12.4. The summed E-state index contributed by atoms with van der Waals surface area (Å²) in [6, 6.07) is 15.7. The largest absolute Gasteiger partial charge is 0.340 e. The van der Waals surface area contributed by atoms with Crippen molar-refractivity contribution in [2.75, 3.05) is 7.05 Å². The van der Waals surface area contributed by atoms with Crippen LogP contribution in [-0.2, 0) is 11.3 Å². The first-order valence-electron chi connectivity index (χ1n) is 6.99. The van der Waals surface area contributed by atoms with E-state index in [4.69, 9.17) is 11.6 Å². The Bertz CT molecular complexity index is 624. The molecule has 2 nitrogen and oxygen atoms in total. The number of rotatable bonds is 4. The van der Waals surface area contributed by atoms with E-state index in [1.807, 2.05) is 30.3 Å². The Kier molecular flexibility index (Phi) is 5.03. The third-order valence-electron chi connectivity index (χ3n) is 3.59. The summed E-state index contributed by atoms with van der Waals surface area (Å²) >= 11 is 6.29. The highest BCUT2D eigenvalue weighted by molar-refractivity contribution is 6.30. The number of benzene rings is 2. The van der Waals surface area contributed by atoms with Crippen molar-refractivity contribution in [3.8, 4) is 0 Å². The number of nitrogens with zero attached hydrogens (tertiary/aromatic N) is 1. The molecule has 110 valence electrons. The lowest BCUT2D eigenvalue weighted by Gasteiger charge is -2.21. The summed E-state index contributed by atoms with van der Waals surface area (Å²) in [6.45, 7) is 4.70. The molecular weight excluding hydrogens is 282 g/mol. The van der Waals surface area contributed by atoms with Crippen LogP contribution in [-0.4, -0.2) is 17.9 Å². The second kappa shape index (κ2) is 6.77. The second-order valence-corrected chi connectivity index (χ2v) is 5.83. The molecule has 0 heterocycles. The van der Waals surface area contributed by atoms with Gasteiger partial charge in [-0.25, -0.2) is 0 Å². The molecule has 1 unspecified atom stereocenters. The molecule has 2 aromatic carbocycles. The predicted octanol–water partition coefficient (Wildman–Crippen LogP) is 4.24. The minimum atomic E-state index is -0.637. The summed E-state index contributed by atoms with van der Waals surface area (Å²) in [5.41, 5.74) is 4.40. The number of alkyl halides is 1. The topological polar surface area (TPSA) is 20.3 Å². The third-order valence-corrected chi connectivity index (χ3v) is 4.03. The van der Waals surface area contributed by atoms with Gasteiger partial charge in [0.05, 0.1) is 0 Å². The molecule has 0 fully saturated rings. The average Bonchev–Trinajstić information content (AvgIpc) is 2.49. The van der Waals surface area contributed by atoms with Gasteiger partial charge in [-0.15, -0.1) is 11.6 Å². The molecule has 0 spiro atoms. The van der Waals surface area contributed by atoms with Gasteiger partial charge in [0.25, 0.3) is 0 Å². The molecule has 0 N–H and O–H groups in total. The summed E-state index contributed by atoms with van der Waals surface area (Å²) in [5.74, 6) is -0.0807. The molecule has 0 aliphatic heterocycles. The van der Waals surface area contributed by atoms with E-state index in [2.05, 4.69) is 32.0 Å². The Morgan fingerprint density at radius 1 is 1.14 bits per heavy atom. The SMILES string of the molecule is Cc1ccc(CN(C)C(=O)C(Cl)c2ccccc2)c(C)c1. The number of likely N-dealkylation sites (N-methyl/N-ethyl adjacent to an activating group) is 1. The molecule has 0 bridgehead atoms. The van der Waals surface area contributed by atoms with Crippen LogP contribution in [0.25, 0.3) is 0 Å². The Hall–Kier alpha value is -1.80. The summed E-state index contributed by atoms with van der Waals surface area (Å²) in [7, 11) is 1.79. The summed E-state index contributed by atoms with van der Waals surface area (Å²) in [4.78, 5) is 14.1.